The maximum absolute atomic E-state index is 11.6. The molecule has 1 aliphatic rings. The van der Waals surface area contributed by atoms with E-state index in [-0.39, 0.29) is 11.8 Å². The summed E-state index contributed by atoms with van der Waals surface area (Å²) in [5.74, 6) is 0.597. The third kappa shape index (κ3) is 3.70. The molecule has 5 heteroatoms. The fraction of sp³-hybridized carbons (Fsp3) is 0.600. The summed E-state index contributed by atoms with van der Waals surface area (Å²) in [6.45, 7) is 11.3. The van der Waals surface area contributed by atoms with Gasteiger partial charge in [-0.1, -0.05) is 20.8 Å². The Hall–Kier alpha value is -1.62. The monoisotopic (exact) mass is 276 g/mol. The molecule has 0 saturated carbocycles. The standard InChI is InChI=1S/C15H24N4O/c1-4-18-7-9-19(10-8-18)13-5-6-14(16-11-13)17-15(20)12(2)3/h5-6,11-12H,4,7-10H2,1-3H3,(H,16,17,20). The first kappa shape index (κ1) is 14.8. The van der Waals surface area contributed by atoms with Gasteiger partial charge in [0.2, 0.25) is 5.91 Å². The second-order valence-electron chi connectivity index (χ2n) is 5.47. The van der Waals surface area contributed by atoms with Crippen LogP contribution in [0.5, 0.6) is 0 Å². The van der Waals surface area contributed by atoms with Gasteiger partial charge in [-0.05, 0) is 18.7 Å². The molecule has 20 heavy (non-hydrogen) atoms. The largest absolute Gasteiger partial charge is 0.368 e. The highest BCUT2D eigenvalue weighted by molar-refractivity contribution is 5.91. The van der Waals surface area contributed by atoms with Crippen LogP contribution in [-0.4, -0.2) is 48.5 Å². The first-order valence-electron chi connectivity index (χ1n) is 7.34. The molecule has 1 saturated heterocycles. The molecule has 0 atom stereocenters. The van der Waals surface area contributed by atoms with Crippen LogP contribution in [0.15, 0.2) is 18.3 Å². The minimum Gasteiger partial charge on any atom is -0.368 e. The van der Waals surface area contributed by atoms with Crippen LogP contribution in [0.4, 0.5) is 11.5 Å². The molecule has 0 unspecified atom stereocenters. The second-order valence-corrected chi connectivity index (χ2v) is 5.47. The van der Waals surface area contributed by atoms with Gasteiger partial charge in [-0.3, -0.25) is 4.79 Å². The molecule has 1 aliphatic heterocycles. The number of hydrogen-bond acceptors (Lipinski definition) is 4. The number of rotatable bonds is 4. The minimum atomic E-state index is -0.0291. The maximum atomic E-state index is 11.6. The van der Waals surface area contributed by atoms with Crippen molar-refractivity contribution in [3.63, 3.8) is 0 Å². The highest BCUT2D eigenvalue weighted by Gasteiger charge is 2.16. The number of carbonyl (C=O) groups is 1. The van der Waals surface area contributed by atoms with Crippen molar-refractivity contribution in [1.82, 2.24) is 9.88 Å². The van der Waals surface area contributed by atoms with E-state index in [1.807, 2.05) is 32.2 Å². The Kier molecular flexibility index (Phi) is 4.95. The third-order valence-corrected chi connectivity index (χ3v) is 3.71. The Balaban J connectivity index is 1.93. The molecule has 1 aromatic heterocycles. The van der Waals surface area contributed by atoms with E-state index in [0.29, 0.717) is 5.82 Å². The molecule has 0 aromatic carbocycles. The minimum absolute atomic E-state index is 0.00168. The first-order valence-corrected chi connectivity index (χ1v) is 7.34. The van der Waals surface area contributed by atoms with Crippen LogP contribution >= 0.6 is 0 Å². The van der Waals surface area contributed by atoms with Crippen molar-refractivity contribution < 1.29 is 4.79 Å². The van der Waals surface area contributed by atoms with E-state index >= 15 is 0 Å². The van der Waals surface area contributed by atoms with Crippen molar-refractivity contribution >= 4 is 17.4 Å². The summed E-state index contributed by atoms with van der Waals surface area (Å²) in [6, 6.07) is 3.91. The summed E-state index contributed by atoms with van der Waals surface area (Å²) in [5, 5.41) is 2.81. The molecule has 0 radical (unpaired) electrons. The van der Waals surface area contributed by atoms with E-state index in [0.717, 1.165) is 38.4 Å². The molecule has 2 heterocycles. The van der Waals surface area contributed by atoms with E-state index in [1.165, 1.54) is 0 Å². The van der Waals surface area contributed by atoms with E-state index in [4.69, 9.17) is 0 Å². The van der Waals surface area contributed by atoms with Gasteiger partial charge in [0.1, 0.15) is 5.82 Å². The van der Waals surface area contributed by atoms with Crippen LogP contribution in [0.3, 0.4) is 0 Å². The zero-order valence-corrected chi connectivity index (χ0v) is 12.6. The summed E-state index contributed by atoms with van der Waals surface area (Å²) in [4.78, 5) is 20.7. The second kappa shape index (κ2) is 6.70. The third-order valence-electron chi connectivity index (χ3n) is 3.71. The molecule has 1 N–H and O–H groups in total. The number of anilines is 2. The summed E-state index contributed by atoms with van der Waals surface area (Å²) in [7, 11) is 0. The van der Waals surface area contributed by atoms with Gasteiger partial charge in [0.05, 0.1) is 11.9 Å². The van der Waals surface area contributed by atoms with Crippen LogP contribution in [-0.2, 0) is 4.79 Å². The fourth-order valence-electron chi connectivity index (χ4n) is 2.24. The van der Waals surface area contributed by atoms with E-state index < -0.39 is 0 Å². The van der Waals surface area contributed by atoms with Crippen molar-refractivity contribution in [2.24, 2.45) is 5.92 Å². The Morgan fingerprint density at radius 2 is 2.00 bits per heavy atom. The Bertz CT molecular complexity index is 436. The Morgan fingerprint density at radius 3 is 2.50 bits per heavy atom. The van der Waals surface area contributed by atoms with Crippen molar-refractivity contribution in [2.45, 2.75) is 20.8 Å². The van der Waals surface area contributed by atoms with Crippen LogP contribution < -0.4 is 10.2 Å². The molecular weight excluding hydrogens is 252 g/mol. The lowest BCUT2D eigenvalue weighted by molar-refractivity contribution is -0.118. The highest BCUT2D eigenvalue weighted by Crippen LogP contribution is 2.17. The van der Waals surface area contributed by atoms with Gasteiger partial charge in [0.25, 0.3) is 0 Å². The number of nitrogens with zero attached hydrogens (tertiary/aromatic N) is 3. The number of hydrogen-bond donors (Lipinski definition) is 1. The average Bonchev–Trinajstić information content (AvgIpc) is 2.48. The number of piperazine rings is 1. The van der Waals surface area contributed by atoms with Crippen LogP contribution in [0.2, 0.25) is 0 Å². The highest BCUT2D eigenvalue weighted by atomic mass is 16.1. The molecule has 5 nitrogen and oxygen atoms in total. The molecule has 0 aliphatic carbocycles. The molecule has 0 bridgehead atoms. The number of likely N-dealkylation sites (N-methyl/N-ethyl adjacent to an activating group) is 1. The number of amides is 1. The van der Waals surface area contributed by atoms with Crippen LogP contribution in [0.1, 0.15) is 20.8 Å². The van der Waals surface area contributed by atoms with Crippen molar-refractivity contribution in [2.75, 3.05) is 42.9 Å². The number of aromatic nitrogens is 1. The predicted octanol–water partition coefficient (Wildman–Crippen LogP) is 1.82. The average molecular weight is 276 g/mol. The SMILES string of the molecule is CCN1CCN(c2ccc(NC(=O)C(C)C)nc2)CC1. The Morgan fingerprint density at radius 1 is 1.30 bits per heavy atom. The lowest BCUT2D eigenvalue weighted by Crippen LogP contribution is -2.46. The lowest BCUT2D eigenvalue weighted by atomic mass is 10.2. The van der Waals surface area contributed by atoms with Gasteiger partial charge < -0.3 is 15.1 Å². The van der Waals surface area contributed by atoms with E-state index in [1.54, 1.807) is 0 Å². The summed E-state index contributed by atoms with van der Waals surface area (Å²) in [6.07, 6.45) is 1.84. The van der Waals surface area contributed by atoms with Gasteiger partial charge >= 0.3 is 0 Å². The molecule has 2 rings (SSSR count). The zero-order valence-electron chi connectivity index (χ0n) is 12.6. The van der Waals surface area contributed by atoms with Crippen LogP contribution in [0, 0.1) is 5.92 Å². The lowest BCUT2D eigenvalue weighted by Gasteiger charge is -2.35. The molecule has 1 aromatic rings. The molecule has 0 spiro atoms. The normalized spacial score (nSPS) is 16.5. The number of nitrogens with one attached hydrogen (secondary N) is 1. The molecule has 1 amide bonds. The van der Waals surface area contributed by atoms with Crippen LogP contribution in [0.25, 0.3) is 0 Å². The topological polar surface area (TPSA) is 48.5 Å². The van der Waals surface area contributed by atoms with Crippen molar-refractivity contribution in [3.8, 4) is 0 Å². The summed E-state index contributed by atoms with van der Waals surface area (Å²) < 4.78 is 0. The molecular formula is C15H24N4O. The van der Waals surface area contributed by atoms with Gasteiger partial charge in [-0.15, -0.1) is 0 Å². The van der Waals surface area contributed by atoms with Gasteiger partial charge in [0, 0.05) is 32.1 Å². The number of pyridine rings is 1. The first-order chi connectivity index (χ1) is 9.60. The maximum Gasteiger partial charge on any atom is 0.228 e. The van der Waals surface area contributed by atoms with Gasteiger partial charge in [-0.2, -0.15) is 0 Å². The quantitative estimate of drug-likeness (QED) is 0.911. The van der Waals surface area contributed by atoms with Crippen molar-refractivity contribution in [3.05, 3.63) is 18.3 Å². The smallest absolute Gasteiger partial charge is 0.228 e. The predicted molar refractivity (Wildman–Crippen MR) is 82.0 cm³/mol. The summed E-state index contributed by atoms with van der Waals surface area (Å²) >= 11 is 0. The number of carbonyl (C=O) groups excluding carboxylic acids is 1. The van der Waals surface area contributed by atoms with E-state index in [9.17, 15) is 4.79 Å². The van der Waals surface area contributed by atoms with E-state index in [2.05, 4.69) is 27.0 Å². The molecule has 110 valence electrons. The van der Waals surface area contributed by atoms with Gasteiger partial charge in [0.15, 0.2) is 0 Å². The van der Waals surface area contributed by atoms with Gasteiger partial charge in [-0.25, -0.2) is 4.98 Å². The molecule has 1 fully saturated rings. The Labute approximate surface area is 121 Å². The summed E-state index contributed by atoms with van der Waals surface area (Å²) in [5.41, 5.74) is 1.13. The fourth-order valence-corrected chi connectivity index (χ4v) is 2.24. The van der Waals surface area contributed by atoms with Crippen molar-refractivity contribution in [1.29, 1.82) is 0 Å². The zero-order chi connectivity index (χ0) is 14.5.